The van der Waals surface area contributed by atoms with Crippen molar-refractivity contribution in [3.05, 3.63) is 59.6 Å². The van der Waals surface area contributed by atoms with Crippen molar-refractivity contribution in [3.8, 4) is 0 Å². The van der Waals surface area contributed by atoms with E-state index in [1.165, 1.54) is 0 Å². The fourth-order valence-corrected chi connectivity index (χ4v) is 3.30. The Morgan fingerprint density at radius 1 is 1.13 bits per heavy atom. The number of carbonyl (C=O) groups excluding carboxylic acids is 1. The molecule has 2 rings (SSSR count). The summed E-state index contributed by atoms with van der Waals surface area (Å²) in [5.74, 6) is 0.992. The number of anilines is 1. The Hall–Kier alpha value is -1.49. The monoisotopic (exact) mass is 348 g/mol. The lowest BCUT2D eigenvalue weighted by molar-refractivity contribution is -0.117. The third-order valence-corrected chi connectivity index (χ3v) is 4.85. The van der Waals surface area contributed by atoms with Gasteiger partial charge in [0.2, 0.25) is 5.91 Å². The molecule has 0 aliphatic carbocycles. The van der Waals surface area contributed by atoms with Gasteiger partial charge in [-0.15, -0.1) is 11.8 Å². The van der Waals surface area contributed by atoms with Crippen LogP contribution in [-0.4, -0.2) is 36.7 Å². The fraction of sp³-hybridized carbons (Fsp3) is 0.278. The topological polar surface area (TPSA) is 32.3 Å². The van der Waals surface area contributed by atoms with Crippen LogP contribution in [-0.2, 0) is 4.79 Å². The predicted molar refractivity (Wildman–Crippen MR) is 99.4 cm³/mol. The molecule has 122 valence electrons. The number of thioether (sulfide) groups is 1. The molecule has 0 aliphatic heterocycles. The highest BCUT2D eigenvalue weighted by Crippen LogP contribution is 2.26. The van der Waals surface area contributed by atoms with Crippen LogP contribution in [0.4, 0.5) is 5.69 Å². The van der Waals surface area contributed by atoms with Crippen molar-refractivity contribution >= 4 is 35.0 Å². The predicted octanol–water partition coefficient (Wildman–Crippen LogP) is 4.39. The second-order valence-electron chi connectivity index (χ2n) is 5.28. The van der Waals surface area contributed by atoms with Crippen LogP contribution in [0.1, 0.15) is 6.42 Å². The van der Waals surface area contributed by atoms with Crippen LogP contribution >= 0.6 is 23.4 Å². The van der Waals surface area contributed by atoms with Gasteiger partial charge in [-0.3, -0.25) is 9.69 Å². The van der Waals surface area contributed by atoms with Gasteiger partial charge in [-0.25, -0.2) is 0 Å². The molecule has 2 aromatic carbocycles. The lowest BCUT2D eigenvalue weighted by atomic mass is 10.3. The molecule has 0 atom stereocenters. The van der Waals surface area contributed by atoms with Gasteiger partial charge < -0.3 is 5.32 Å². The van der Waals surface area contributed by atoms with Crippen LogP contribution in [0.3, 0.4) is 0 Å². The maximum Gasteiger partial charge on any atom is 0.238 e. The molecule has 0 aliphatic rings. The number of benzene rings is 2. The number of rotatable bonds is 8. The van der Waals surface area contributed by atoms with Gasteiger partial charge in [0.1, 0.15) is 0 Å². The molecular weight excluding hydrogens is 328 g/mol. The van der Waals surface area contributed by atoms with Gasteiger partial charge in [0.05, 0.1) is 11.6 Å². The summed E-state index contributed by atoms with van der Waals surface area (Å²) in [7, 11) is 1.96. The third-order valence-electron chi connectivity index (χ3n) is 3.25. The minimum absolute atomic E-state index is 0.0115. The highest BCUT2D eigenvalue weighted by molar-refractivity contribution is 7.99. The second kappa shape index (κ2) is 9.60. The number of para-hydroxylation sites is 1. The Kier molecular flexibility index (Phi) is 7.46. The Morgan fingerprint density at radius 2 is 1.83 bits per heavy atom. The van der Waals surface area contributed by atoms with Gasteiger partial charge in [0.25, 0.3) is 0 Å². The lowest BCUT2D eigenvalue weighted by Crippen LogP contribution is -2.31. The Labute approximate surface area is 147 Å². The smallest absolute Gasteiger partial charge is 0.238 e. The van der Waals surface area contributed by atoms with Gasteiger partial charge in [-0.1, -0.05) is 41.9 Å². The molecule has 0 saturated heterocycles. The zero-order valence-corrected chi connectivity index (χ0v) is 14.7. The van der Waals surface area contributed by atoms with E-state index in [1.54, 1.807) is 11.8 Å². The first-order valence-corrected chi connectivity index (χ1v) is 8.92. The van der Waals surface area contributed by atoms with Crippen molar-refractivity contribution in [2.24, 2.45) is 0 Å². The number of hydrogen-bond acceptors (Lipinski definition) is 3. The van der Waals surface area contributed by atoms with E-state index in [0.717, 1.165) is 34.3 Å². The minimum atomic E-state index is 0.0115. The zero-order chi connectivity index (χ0) is 16.5. The number of halogens is 1. The molecule has 0 aromatic heterocycles. The summed E-state index contributed by atoms with van der Waals surface area (Å²) < 4.78 is 0. The lowest BCUT2D eigenvalue weighted by Gasteiger charge is -2.16. The summed E-state index contributed by atoms with van der Waals surface area (Å²) in [4.78, 5) is 15.1. The summed E-state index contributed by atoms with van der Waals surface area (Å²) >= 11 is 7.88. The van der Waals surface area contributed by atoms with Crippen LogP contribution in [0.15, 0.2) is 59.5 Å². The Balaban J connectivity index is 1.64. The van der Waals surface area contributed by atoms with Gasteiger partial charge in [0, 0.05) is 10.6 Å². The maximum absolute atomic E-state index is 11.9. The molecule has 1 N–H and O–H groups in total. The third kappa shape index (κ3) is 6.65. The van der Waals surface area contributed by atoms with Crippen molar-refractivity contribution in [2.75, 3.05) is 31.2 Å². The quantitative estimate of drug-likeness (QED) is 0.567. The van der Waals surface area contributed by atoms with E-state index in [0.29, 0.717) is 6.54 Å². The van der Waals surface area contributed by atoms with Crippen LogP contribution in [0.25, 0.3) is 0 Å². The van der Waals surface area contributed by atoms with Gasteiger partial charge in [-0.05, 0) is 50.0 Å². The normalized spacial score (nSPS) is 10.7. The first kappa shape index (κ1) is 17.9. The van der Waals surface area contributed by atoms with Crippen molar-refractivity contribution in [2.45, 2.75) is 11.3 Å². The summed E-state index contributed by atoms with van der Waals surface area (Å²) in [6.45, 7) is 1.27. The van der Waals surface area contributed by atoms with E-state index in [2.05, 4.69) is 5.32 Å². The number of hydrogen-bond donors (Lipinski definition) is 1. The first-order valence-electron chi connectivity index (χ1n) is 7.56. The number of carbonyl (C=O) groups is 1. The minimum Gasteiger partial charge on any atom is -0.325 e. The summed E-state index contributed by atoms with van der Waals surface area (Å²) in [5.41, 5.74) is 0.833. The summed E-state index contributed by atoms with van der Waals surface area (Å²) in [5, 5.41) is 3.69. The molecule has 23 heavy (non-hydrogen) atoms. The fourth-order valence-electron chi connectivity index (χ4n) is 2.12. The SMILES string of the molecule is CN(CCCSc1ccccc1Cl)CC(=O)Nc1ccccc1. The molecule has 0 radical (unpaired) electrons. The molecule has 1 amide bonds. The molecule has 2 aromatic rings. The summed E-state index contributed by atoms with van der Waals surface area (Å²) in [6, 6.07) is 17.4. The van der Waals surface area contributed by atoms with E-state index >= 15 is 0 Å². The second-order valence-corrected chi connectivity index (χ2v) is 6.83. The molecule has 5 heteroatoms. The molecule has 0 spiro atoms. The highest BCUT2D eigenvalue weighted by Gasteiger charge is 2.07. The Bertz CT molecular complexity index is 621. The molecule has 3 nitrogen and oxygen atoms in total. The van der Waals surface area contributed by atoms with E-state index in [1.807, 2.05) is 66.5 Å². The Morgan fingerprint density at radius 3 is 2.57 bits per heavy atom. The number of likely N-dealkylation sites (N-methyl/N-ethyl adjacent to an activating group) is 1. The van der Waals surface area contributed by atoms with Gasteiger partial charge in [0.15, 0.2) is 0 Å². The van der Waals surface area contributed by atoms with Gasteiger partial charge >= 0.3 is 0 Å². The van der Waals surface area contributed by atoms with E-state index in [9.17, 15) is 4.79 Å². The van der Waals surface area contributed by atoms with E-state index < -0.39 is 0 Å². The van der Waals surface area contributed by atoms with E-state index in [-0.39, 0.29) is 5.91 Å². The molecule has 0 bridgehead atoms. The highest BCUT2D eigenvalue weighted by atomic mass is 35.5. The number of amides is 1. The van der Waals surface area contributed by atoms with E-state index in [4.69, 9.17) is 11.6 Å². The average Bonchev–Trinajstić information content (AvgIpc) is 2.54. The number of nitrogens with one attached hydrogen (secondary N) is 1. The standard InChI is InChI=1S/C18H21ClN2OS/c1-21(14-18(22)20-15-8-3-2-4-9-15)12-7-13-23-17-11-6-5-10-16(17)19/h2-6,8-11H,7,12-14H2,1H3,(H,20,22). The van der Waals surface area contributed by atoms with Crippen molar-refractivity contribution < 1.29 is 4.79 Å². The van der Waals surface area contributed by atoms with Gasteiger partial charge in [-0.2, -0.15) is 0 Å². The molecule has 0 fully saturated rings. The molecule has 0 heterocycles. The van der Waals surface area contributed by atoms with Crippen molar-refractivity contribution in [1.29, 1.82) is 0 Å². The molecular formula is C18H21ClN2OS. The molecule has 0 saturated carbocycles. The average molecular weight is 349 g/mol. The maximum atomic E-state index is 11.9. The van der Waals surface area contributed by atoms with Crippen LogP contribution < -0.4 is 5.32 Å². The zero-order valence-electron chi connectivity index (χ0n) is 13.2. The van der Waals surface area contributed by atoms with Crippen LogP contribution in [0.5, 0.6) is 0 Å². The summed E-state index contributed by atoms with van der Waals surface area (Å²) in [6.07, 6.45) is 1.00. The van der Waals surface area contributed by atoms with Crippen molar-refractivity contribution in [1.82, 2.24) is 4.90 Å². The first-order chi connectivity index (χ1) is 11.1. The largest absolute Gasteiger partial charge is 0.325 e. The molecule has 0 unspecified atom stereocenters. The van der Waals surface area contributed by atoms with Crippen LogP contribution in [0, 0.1) is 0 Å². The van der Waals surface area contributed by atoms with Crippen molar-refractivity contribution in [3.63, 3.8) is 0 Å². The number of nitrogens with zero attached hydrogens (tertiary/aromatic N) is 1. The van der Waals surface area contributed by atoms with Crippen LogP contribution in [0.2, 0.25) is 5.02 Å².